The molecule has 2 aliphatic rings. The van der Waals surface area contributed by atoms with Crippen LogP contribution in [0.5, 0.6) is 0 Å². The molecule has 2 saturated heterocycles. The van der Waals surface area contributed by atoms with E-state index in [4.69, 9.17) is 0 Å². The first kappa shape index (κ1) is 11.3. The topological polar surface area (TPSA) is 32.3 Å². The number of piperazine rings is 1. The van der Waals surface area contributed by atoms with Gasteiger partial charge in [0.1, 0.15) is 0 Å². The lowest BCUT2D eigenvalue weighted by Crippen LogP contribution is -2.58. The molecule has 2 heterocycles. The molecule has 1 amide bonds. The van der Waals surface area contributed by atoms with E-state index in [2.05, 4.69) is 24.1 Å². The Morgan fingerprint density at radius 3 is 2.53 bits per heavy atom. The van der Waals surface area contributed by atoms with Crippen LogP contribution >= 0.6 is 11.8 Å². The molecule has 2 fully saturated rings. The highest BCUT2D eigenvalue weighted by atomic mass is 32.2. The Labute approximate surface area is 96.0 Å². The Morgan fingerprint density at radius 1 is 1.33 bits per heavy atom. The predicted octanol–water partition coefficient (Wildman–Crippen LogP) is 0.948. The summed E-state index contributed by atoms with van der Waals surface area (Å²) in [7, 11) is 0. The van der Waals surface area contributed by atoms with Gasteiger partial charge in [0.05, 0.1) is 0 Å². The highest BCUT2D eigenvalue weighted by molar-refractivity contribution is 7.99. The van der Waals surface area contributed by atoms with E-state index in [1.54, 1.807) is 0 Å². The molecule has 0 spiro atoms. The molecule has 0 saturated carbocycles. The van der Waals surface area contributed by atoms with Crippen molar-refractivity contribution in [3.8, 4) is 0 Å². The van der Waals surface area contributed by atoms with E-state index in [1.807, 2.05) is 11.8 Å². The molecule has 0 aromatic rings. The molecule has 1 N–H and O–H groups in total. The third-order valence-corrected chi connectivity index (χ3v) is 4.53. The summed E-state index contributed by atoms with van der Waals surface area (Å²) < 4.78 is 0. The third-order valence-electron chi connectivity index (χ3n) is 3.36. The molecule has 2 aliphatic heterocycles. The van der Waals surface area contributed by atoms with Crippen LogP contribution in [0.25, 0.3) is 0 Å². The first-order valence-electron chi connectivity index (χ1n) is 5.80. The number of rotatable bonds is 1. The highest BCUT2D eigenvalue weighted by Gasteiger charge is 2.34. The van der Waals surface area contributed by atoms with Gasteiger partial charge < -0.3 is 10.2 Å². The van der Waals surface area contributed by atoms with Gasteiger partial charge in [0.25, 0.3) is 0 Å². The largest absolute Gasteiger partial charge is 0.334 e. The quantitative estimate of drug-likeness (QED) is 0.725. The Bertz CT molecular complexity index is 231. The number of nitrogens with one attached hydrogen (secondary N) is 1. The number of hydrogen-bond acceptors (Lipinski definition) is 3. The van der Waals surface area contributed by atoms with Crippen LogP contribution < -0.4 is 5.32 Å². The molecule has 3 atom stereocenters. The molecule has 0 bridgehead atoms. The lowest BCUT2D eigenvalue weighted by molar-refractivity contribution is -0.140. The molecule has 0 aromatic carbocycles. The van der Waals surface area contributed by atoms with Gasteiger partial charge in [0, 0.05) is 36.8 Å². The summed E-state index contributed by atoms with van der Waals surface area (Å²) in [5.41, 5.74) is 0. The number of carbonyl (C=O) groups excluding carboxylic acids is 1. The zero-order chi connectivity index (χ0) is 10.8. The van der Waals surface area contributed by atoms with Gasteiger partial charge in [-0.3, -0.25) is 4.79 Å². The molecular formula is C11H20N2OS. The Morgan fingerprint density at radius 2 is 2.00 bits per heavy atom. The maximum absolute atomic E-state index is 12.3. The zero-order valence-corrected chi connectivity index (χ0v) is 10.3. The van der Waals surface area contributed by atoms with Crippen molar-refractivity contribution in [3.05, 3.63) is 0 Å². The number of thioether (sulfide) groups is 1. The fourth-order valence-corrected chi connectivity index (χ4v) is 3.72. The minimum absolute atomic E-state index is 0.290. The van der Waals surface area contributed by atoms with E-state index < -0.39 is 0 Å². The molecule has 4 heteroatoms. The third kappa shape index (κ3) is 2.31. The van der Waals surface area contributed by atoms with Crippen molar-refractivity contribution in [2.24, 2.45) is 5.92 Å². The first-order valence-corrected chi connectivity index (χ1v) is 6.96. The van der Waals surface area contributed by atoms with Crippen molar-refractivity contribution >= 4 is 17.7 Å². The summed E-state index contributed by atoms with van der Waals surface area (Å²) in [4.78, 5) is 14.4. The molecule has 15 heavy (non-hydrogen) atoms. The van der Waals surface area contributed by atoms with Gasteiger partial charge in [0.15, 0.2) is 0 Å². The monoisotopic (exact) mass is 228 g/mol. The van der Waals surface area contributed by atoms with Crippen molar-refractivity contribution in [1.82, 2.24) is 10.2 Å². The summed E-state index contributed by atoms with van der Waals surface area (Å²) in [6, 6.07) is 0.707. The number of hydrogen-bond donors (Lipinski definition) is 1. The van der Waals surface area contributed by atoms with E-state index in [9.17, 15) is 4.79 Å². The predicted molar refractivity (Wildman–Crippen MR) is 64.1 cm³/mol. The van der Waals surface area contributed by atoms with E-state index >= 15 is 0 Å². The second-order valence-corrected chi connectivity index (χ2v) is 5.81. The van der Waals surface area contributed by atoms with Crippen molar-refractivity contribution in [1.29, 1.82) is 0 Å². The van der Waals surface area contributed by atoms with Gasteiger partial charge in [-0.2, -0.15) is 11.8 Å². The summed E-state index contributed by atoms with van der Waals surface area (Å²) in [5.74, 6) is 2.87. The van der Waals surface area contributed by atoms with Crippen LogP contribution in [0.15, 0.2) is 0 Å². The van der Waals surface area contributed by atoms with E-state index in [1.165, 1.54) is 0 Å². The smallest absolute Gasteiger partial charge is 0.227 e. The van der Waals surface area contributed by atoms with Gasteiger partial charge in [0.2, 0.25) is 5.91 Å². The van der Waals surface area contributed by atoms with E-state index in [-0.39, 0.29) is 5.92 Å². The SMILES string of the molecule is CC1CNCC(C)N1C(=O)C1CCSC1. The second-order valence-electron chi connectivity index (χ2n) is 4.66. The summed E-state index contributed by atoms with van der Waals surface area (Å²) in [5, 5.41) is 3.36. The van der Waals surface area contributed by atoms with Crippen LogP contribution in [-0.2, 0) is 4.79 Å². The minimum atomic E-state index is 0.290. The lowest BCUT2D eigenvalue weighted by Gasteiger charge is -2.40. The van der Waals surface area contributed by atoms with Gasteiger partial charge >= 0.3 is 0 Å². The van der Waals surface area contributed by atoms with Gasteiger partial charge in [-0.25, -0.2) is 0 Å². The Kier molecular flexibility index (Phi) is 3.57. The average molecular weight is 228 g/mol. The number of amides is 1. The summed E-state index contributed by atoms with van der Waals surface area (Å²) >= 11 is 1.91. The fraction of sp³-hybridized carbons (Fsp3) is 0.909. The average Bonchev–Trinajstić information content (AvgIpc) is 2.69. The molecule has 3 nitrogen and oxygen atoms in total. The van der Waals surface area contributed by atoms with Crippen LogP contribution in [0, 0.1) is 5.92 Å². The van der Waals surface area contributed by atoms with Crippen LogP contribution in [0.2, 0.25) is 0 Å². The maximum atomic E-state index is 12.3. The molecule has 0 aromatic heterocycles. The maximum Gasteiger partial charge on any atom is 0.227 e. The standard InChI is InChI=1S/C11H20N2OS/c1-8-5-12-6-9(2)13(8)11(14)10-3-4-15-7-10/h8-10,12H,3-7H2,1-2H3. The van der Waals surface area contributed by atoms with Crippen molar-refractivity contribution in [3.63, 3.8) is 0 Å². The van der Waals surface area contributed by atoms with Gasteiger partial charge in [-0.15, -0.1) is 0 Å². The molecule has 0 aliphatic carbocycles. The van der Waals surface area contributed by atoms with Crippen LogP contribution in [0.1, 0.15) is 20.3 Å². The highest BCUT2D eigenvalue weighted by Crippen LogP contribution is 2.27. The van der Waals surface area contributed by atoms with Gasteiger partial charge in [-0.1, -0.05) is 0 Å². The number of carbonyl (C=O) groups is 1. The van der Waals surface area contributed by atoms with Crippen molar-refractivity contribution in [2.75, 3.05) is 24.6 Å². The number of nitrogens with zero attached hydrogens (tertiary/aromatic N) is 1. The molecule has 3 unspecified atom stereocenters. The van der Waals surface area contributed by atoms with Crippen molar-refractivity contribution < 1.29 is 4.79 Å². The Hall–Kier alpha value is -0.220. The molecular weight excluding hydrogens is 208 g/mol. The molecule has 2 rings (SSSR count). The summed E-state index contributed by atoms with van der Waals surface area (Å²) in [6.45, 7) is 6.16. The van der Waals surface area contributed by atoms with Crippen LogP contribution in [-0.4, -0.2) is 47.5 Å². The fourth-order valence-electron chi connectivity index (χ4n) is 2.51. The van der Waals surface area contributed by atoms with Crippen LogP contribution in [0.4, 0.5) is 0 Å². The van der Waals surface area contributed by atoms with E-state index in [0.717, 1.165) is 31.0 Å². The lowest BCUT2D eigenvalue weighted by atomic mass is 10.0. The molecule has 86 valence electrons. The Balaban J connectivity index is 2.02. The zero-order valence-electron chi connectivity index (χ0n) is 9.53. The summed E-state index contributed by atoms with van der Waals surface area (Å²) in [6.07, 6.45) is 1.08. The molecule has 0 radical (unpaired) electrons. The first-order chi connectivity index (χ1) is 7.20. The normalized spacial score (nSPS) is 36.9. The van der Waals surface area contributed by atoms with Gasteiger partial charge in [-0.05, 0) is 26.0 Å². The minimum Gasteiger partial charge on any atom is -0.334 e. The van der Waals surface area contributed by atoms with Crippen molar-refractivity contribution in [2.45, 2.75) is 32.4 Å². The second kappa shape index (κ2) is 4.74. The van der Waals surface area contributed by atoms with E-state index in [0.29, 0.717) is 18.0 Å². The van der Waals surface area contributed by atoms with Crippen LogP contribution in [0.3, 0.4) is 0 Å².